The number of hydrogen-bond acceptors (Lipinski definition) is 2. The second-order valence-corrected chi connectivity index (χ2v) is 6.99. The van der Waals surface area contributed by atoms with Gasteiger partial charge in [-0.2, -0.15) is 5.26 Å². The van der Waals surface area contributed by atoms with Crippen LogP contribution in [0.4, 0.5) is 5.69 Å². The average molecular weight is 307 g/mol. The van der Waals surface area contributed by atoms with Gasteiger partial charge in [-0.3, -0.25) is 0 Å². The van der Waals surface area contributed by atoms with Gasteiger partial charge in [0.15, 0.2) is 0 Å². The van der Waals surface area contributed by atoms with Gasteiger partial charge < -0.3 is 5.32 Å². The van der Waals surface area contributed by atoms with Crippen LogP contribution in [0, 0.1) is 22.7 Å². The van der Waals surface area contributed by atoms with Gasteiger partial charge >= 0.3 is 0 Å². The van der Waals surface area contributed by atoms with E-state index >= 15 is 0 Å². The lowest BCUT2D eigenvalue weighted by Crippen LogP contribution is -2.39. The van der Waals surface area contributed by atoms with E-state index in [4.69, 9.17) is 0 Å². The SMILES string of the molecule is CC1CC(C)(C)CC1(C#N)Nc1ccccc1Br. The van der Waals surface area contributed by atoms with E-state index in [9.17, 15) is 5.26 Å². The smallest absolute Gasteiger partial charge is 0.128 e. The molecule has 1 aliphatic carbocycles. The molecule has 3 heteroatoms. The van der Waals surface area contributed by atoms with Gasteiger partial charge in [0.2, 0.25) is 0 Å². The van der Waals surface area contributed by atoms with Crippen molar-refractivity contribution in [1.29, 1.82) is 5.26 Å². The van der Waals surface area contributed by atoms with Crippen LogP contribution in [0.1, 0.15) is 33.6 Å². The number of nitrogens with one attached hydrogen (secondary N) is 1. The maximum absolute atomic E-state index is 9.64. The Bertz CT molecular complexity index is 490. The summed E-state index contributed by atoms with van der Waals surface area (Å²) in [4.78, 5) is 0. The fourth-order valence-corrected chi connectivity index (χ4v) is 3.54. The minimum atomic E-state index is -0.451. The molecule has 1 N–H and O–H groups in total. The summed E-state index contributed by atoms with van der Waals surface area (Å²) in [7, 11) is 0. The lowest BCUT2D eigenvalue weighted by atomic mass is 9.87. The molecule has 18 heavy (non-hydrogen) atoms. The number of para-hydroxylation sites is 1. The first-order valence-corrected chi connectivity index (χ1v) is 7.12. The minimum Gasteiger partial charge on any atom is -0.366 e. The number of hydrogen-bond donors (Lipinski definition) is 1. The minimum absolute atomic E-state index is 0.226. The highest BCUT2D eigenvalue weighted by molar-refractivity contribution is 9.10. The summed E-state index contributed by atoms with van der Waals surface area (Å²) in [6.45, 7) is 6.65. The van der Waals surface area contributed by atoms with E-state index in [1.807, 2.05) is 24.3 Å². The summed E-state index contributed by atoms with van der Waals surface area (Å²) in [5.41, 5.74) is 0.778. The van der Waals surface area contributed by atoms with Gasteiger partial charge in [0, 0.05) is 10.2 Å². The van der Waals surface area contributed by atoms with Gasteiger partial charge in [0.05, 0.1) is 6.07 Å². The first-order chi connectivity index (χ1) is 8.38. The number of benzene rings is 1. The van der Waals surface area contributed by atoms with Crippen LogP contribution in [-0.4, -0.2) is 5.54 Å². The number of nitrogens with zero attached hydrogens (tertiary/aromatic N) is 1. The summed E-state index contributed by atoms with van der Waals surface area (Å²) in [5, 5.41) is 13.1. The molecule has 2 rings (SSSR count). The Kier molecular flexibility index (Phi) is 3.42. The molecular formula is C15H19BrN2. The molecule has 0 bridgehead atoms. The summed E-state index contributed by atoms with van der Waals surface area (Å²) < 4.78 is 1.01. The zero-order chi connectivity index (χ0) is 13.4. The molecule has 1 aromatic rings. The molecule has 2 unspecified atom stereocenters. The second kappa shape index (κ2) is 4.59. The van der Waals surface area contributed by atoms with Crippen LogP contribution in [0.25, 0.3) is 0 Å². The Balaban J connectivity index is 2.31. The van der Waals surface area contributed by atoms with E-state index in [0.29, 0.717) is 5.92 Å². The Morgan fingerprint density at radius 2 is 2.06 bits per heavy atom. The average Bonchev–Trinajstić information content (AvgIpc) is 2.52. The highest BCUT2D eigenvalue weighted by Crippen LogP contribution is 2.49. The molecule has 0 aromatic heterocycles. The van der Waals surface area contributed by atoms with Crippen LogP contribution < -0.4 is 5.32 Å². The molecule has 1 aliphatic rings. The molecule has 96 valence electrons. The molecule has 2 atom stereocenters. The van der Waals surface area contributed by atoms with Crippen molar-refractivity contribution in [3.05, 3.63) is 28.7 Å². The van der Waals surface area contributed by atoms with Gasteiger partial charge in [-0.25, -0.2) is 0 Å². The van der Waals surface area contributed by atoms with Crippen molar-refractivity contribution in [2.75, 3.05) is 5.32 Å². The summed E-state index contributed by atoms with van der Waals surface area (Å²) in [6.07, 6.45) is 1.97. The predicted octanol–water partition coefficient (Wildman–Crippen LogP) is 4.58. The van der Waals surface area contributed by atoms with Crippen molar-refractivity contribution in [2.45, 2.75) is 39.2 Å². The van der Waals surface area contributed by atoms with Crippen LogP contribution in [-0.2, 0) is 0 Å². The van der Waals surface area contributed by atoms with Gasteiger partial charge in [-0.15, -0.1) is 0 Å². The van der Waals surface area contributed by atoms with E-state index in [2.05, 4.69) is 48.1 Å². The van der Waals surface area contributed by atoms with E-state index in [0.717, 1.165) is 23.0 Å². The number of nitriles is 1. The molecule has 0 spiro atoms. The third-order valence-corrected chi connectivity index (χ3v) is 4.58. The van der Waals surface area contributed by atoms with Crippen molar-refractivity contribution >= 4 is 21.6 Å². The first-order valence-electron chi connectivity index (χ1n) is 6.32. The molecule has 1 fully saturated rings. The van der Waals surface area contributed by atoms with Crippen LogP contribution in [0.15, 0.2) is 28.7 Å². The predicted molar refractivity (Wildman–Crippen MR) is 78.3 cm³/mol. The summed E-state index contributed by atoms with van der Waals surface area (Å²) in [6, 6.07) is 10.5. The van der Waals surface area contributed by atoms with Crippen LogP contribution in [0.5, 0.6) is 0 Å². The molecule has 0 heterocycles. The standard InChI is InChI=1S/C15H19BrN2/c1-11-8-14(2,3)9-15(11,10-17)18-13-7-5-4-6-12(13)16/h4-7,11,18H,8-9H2,1-3H3. The van der Waals surface area contributed by atoms with Gasteiger partial charge in [0.25, 0.3) is 0 Å². The number of anilines is 1. The lowest BCUT2D eigenvalue weighted by molar-refractivity contribution is 0.363. The normalized spacial score (nSPS) is 29.8. The largest absolute Gasteiger partial charge is 0.366 e. The molecule has 1 aromatic carbocycles. The third-order valence-electron chi connectivity index (χ3n) is 3.89. The van der Waals surface area contributed by atoms with Crippen LogP contribution in [0.3, 0.4) is 0 Å². The van der Waals surface area contributed by atoms with Crippen molar-refractivity contribution in [3.63, 3.8) is 0 Å². The maximum Gasteiger partial charge on any atom is 0.128 e. The summed E-state index contributed by atoms with van der Waals surface area (Å²) >= 11 is 3.53. The third kappa shape index (κ3) is 2.40. The first kappa shape index (κ1) is 13.4. The van der Waals surface area contributed by atoms with Crippen molar-refractivity contribution in [1.82, 2.24) is 0 Å². The van der Waals surface area contributed by atoms with Gasteiger partial charge in [-0.05, 0) is 52.2 Å². The van der Waals surface area contributed by atoms with Gasteiger partial charge in [0.1, 0.15) is 5.54 Å². The Morgan fingerprint density at radius 3 is 2.56 bits per heavy atom. The number of rotatable bonds is 2. The Labute approximate surface area is 118 Å². The van der Waals surface area contributed by atoms with Crippen molar-refractivity contribution < 1.29 is 0 Å². The van der Waals surface area contributed by atoms with E-state index in [-0.39, 0.29) is 5.41 Å². The fourth-order valence-electron chi connectivity index (χ4n) is 3.15. The molecule has 2 nitrogen and oxygen atoms in total. The maximum atomic E-state index is 9.64. The van der Waals surface area contributed by atoms with E-state index < -0.39 is 5.54 Å². The van der Waals surface area contributed by atoms with Crippen molar-refractivity contribution in [3.8, 4) is 6.07 Å². The quantitative estimate of drug-likeness (QED) is 0.868. The zero-order valence-electron chi connectivity index (χ0n) is 11.1. The topological polar surface area (TPSA) is 35.8 Å². The van der Waals surface area contributed by atoms with E-state index in [1.165, 1.54) is 0 Å². The van der Waals surface area contributed by atoms with Crippen LogP contribution in [0.2, 0.25) is 0 Å². The lowest BCUT2D eigenvalue weighted by Gasteiger charge is -2.29. The molecule has 0 radical (unpaired) electrons. The fraction of sp³-hybridized carbons (Fsp3) is 0.533. The molecule has 0 amide bonds. The monoisotopic (exact) mass is 306 g/mol. The highest BCUT2D eigenvalue weighted by Gasteiger charge is 2.49. The molecule has 1 saturated carbocycles. The second-order valence-electron chi connectivity index (χ2n) is 6.13. The van der Waals surface area contributed by atoms with Gasteiger partial charge in [-0.1, -0.05) is 32.9 Å². The molecule has 0 saturated heterocycles. The Hall–Kier alpha value is -1.01. The van der Waals surface area contributed by atoms with Crippen molar-refractivity contribution in [2.24, 2.45) is 11.3 Å². The van der Waals surface area contributed by atoms with E-state index in [1.54, 1.807) is 0 Å². The zero-order valence-corrected chi connectivity index (χ0v) is 12.7. The van der Waals surface area contributed by atoms with Crippen LogP contribution >= 0.6 is 15.9 Å². The molecule has 0 aliphatic heterocycles. The highest BCUT2D eigenvalue weighted by atomic mass is 79.9. The summed E-state index contributed by atoms with van der Waals surface area (Å²) in [5.74, 6) is 0.351. The molecular weight excluding hydrogens is 288 g/mol. The Morgan fingerprint density at radius 1 is 1.39 bits per heavy atom. The number of halogens is 1.